The molecule has 21 heavy (non-hydrogen) atoms. The van der Waals surface area contributed by atoms with Crippen molar-refractivity contribution in [2.75, 3.05) is 16.8 Å². The molecule has 5 nitrogen and oxygen atoms in total. The van der Waals surface area contributed by atoms with Gasteiger partial charge >= 0.3 is 0 Å². The molecule has 1 saturated heterocycles. The summed E-state index contributed by atoms with van der Waals surface area (Å²) in [4.78, 5) is 24.6. The van der Waals surface area contributed by atoms with Gasteiger partial charge in [0, 0.05) is 31.1 Å². The number of hydrogen-bond acceptors (Lipinski definition) is 3. The fourth-order valence-corrected chi connectivity index (χ4v) is 2.21. The summed E-state index contributed by atoms with van der Waals surface area (Å²) in [6, 6.07) is 4.07. The number of carbonyl (C=O) groups excluding carboxylic acids is 2. The quantitative estimate of drug-likeness (QED) is 0.893. The minimum Gasteiger partial charge on any atom is -0.327 e. The van der Waals surface area contributed by atoms with Crippen molar-refractivity contribution in [3.05, 3.63) is 24.0 Å². The Morgan fingerprint density at radius 2 is 2.24 bits per heavy atom. The van der Waals surface area contributed by atoms with Crippen LogP contribution in [0.15, 0.2) is 18.2 Å². The van der Waals surface area contributed by atoms with Crippen LogP contribution < -0.4 is 16.0 Å². The molecule has 0 aromatic heterocycles. The number of anilines is 2. The van der Waals surface area contributed by atoms with Crippen LogP contribution in [0.4, 0.5) is 15.8 Å². The molecule has 1 fully saturated rings. The van der Waals surface area contributed by atoms with Crippen molar-refractivity contribution < 1.29 is 14.0 Å². The Hall–Kier alpha value is -1.66. The maximum absolute atomic E-state index is 14.0. The molecule has 0 spiro atoms. The van der Waals surface area contributed by atoms with Crippen LogP contribution in [0.3, 0.4) is 0 Å². The minimum atomic E-state index is -0.515. The highest BCUT2D eigenvalue weighted by molar-refractivity contribution is 5.96. The van der Waals surface area contributed by atoms with E-state index >= 15 is 0 Å². The van der Waals surface area contributed by atoms with Gasteiger partial charge < -0.3 is 16.0 Å². The largest absolute Gasteiger partial charge is 0.327 e. The van der Waals surface area contributed by atoms with E-state index in [4.69, 9.17) is 5.73 Å². The number of hydrogen-bond donors (Lipinski definition) is 2. The normalized spacial score (nSPS) is 15.6. The molecule has 1 aliphatic heterocycles. The lowest BCUT2D eigenvalue weighted by atomic mass is 10.2. The predicted octanol–water partition coefficient (Wildman–Crippen LogP) is 2.05. The molecule has 1 atom stereocenters. The van der Waals surface area contributed by atoms with Crippen molar-refractivity contribution in [1.29, 1.82) is 0 Å². The number of nitrogens with one attached hydrogen (secondary N) is 1. The van der Waals surface area contributed by atoms with Crippen LogP contribution in [0.1, 0.15) is 26.2 Å². The van der Waals surface area contributed by atoms with Crippen molar-refractivity contribution in [3.63, 3.8) is 0 Å². The molecule has 7 heteroatoms. The second-order valence-electron chi connectivity index (χ2n) is 5.04. The molecular weight excluding hydrogens is 297 g/mol. The zero-order chi connectivity index (χ0) is 14.7. The van der Waals surface area contributed by atoms with Gasteiger partial charge in [0.25, 0.3) is 0 Å². The molecule has 1 unspecified atom stereocenters. The summed E-state index contributed by atoms with van der Waals surface area (Å²) in [5.74, 6) is -0.846. The van der Waals surface area contributed by atoms with E-state index < -0.39 is 5.82 Å². The van der Waals surface area contributed by atoms with E-state index in [1.54, 1.807) is 13.0 Å². The topological polar surface area (TPSA) is 75.4 Å². The van der Waals surface area contributed by atoms with E-state index in [-0.39, 0.29) is 42.4 Å². The summed E-state index contributed by atoms with van der Waals surface area (Å²) in [6.45, 7) is 2.26. The van der Waals surface area contributed by atoms with Crippen LogP contribution in [-0.4, -0.2) is 24.4 Å². The fourth-order valence-electron chi connectivity index (χ4n) is 2.21. The molecule has 1 heterocycles. The lowest BCUT2D eigenvalue weighted by Gasteiger charge is -2.17. The molecular formula is C14H19ClFN3O2. The third-order valence-corrected chi connectivity index (χ3v) is 3.10. The number of nitrogens with zero attached hydrogens (tertiary/aromatic N) is 1. The van der Waals surface area contributed by atoms with Gasteiger partial charge in [-0.2, -0.15) is 0 Å². The van der Waals surface area contributed by atoms with Crippen LogP contribution in [0.5, 0.6) is 0 Å². The first kappa shape index (κ1) is 17.4. The van der Waals surface area contributed by atoms with E-state index in [1.807, 2.05) is 0 Å². The van der Waals surface area contributed by atoms with Gasteiger partial charge in [0.05, 0.1) is 5.69 Å². The molecule has 0 bridgehead atoms. The van der Waals surface area contributed by atoms with Gasteiger partial charge in [-0.3, -0.25) is 9.59 Å². The van der Waals surface area contributed by atoms with E-state index in [1.165, 1.54) is 17.0 Å². The number of benzene rings is 1. The summed E-state index contributed by atoms with van der Waals surface area (Å²) in [5.41, 5.74) is 6.15. The first-order chi connectivity index (χ1) is 9.47. The maximum atomic E-state index is 14.0. The first-order valence-corrected chi connectivity index (χ1v) is 6.62. The second-order valence-corrected chi connectivity index (χ2v) is 5.04. The SMILES string of the molecule is CC(N)CC(=O)Nc1ccc(N2CCCC2=O)c(F)c1.Cl. The number of carbonyl (C=O) groups is 2. The molecule has 1 aromatic rings. The summed E-state index contributed by atoms with van der Waals surface area (Å²) in [7, 11) is 0. The number of rotatable bonds is 4. The molecule has 0 saturated carbocycles. The Balaban J connectivity index is 0.00000220. The molecule has 1 aromatic carbocycles. The third kappa shape index (κ3) is 4.41. The average molecular weight is 316 g/mol. The minimum absolute atomic E-state index is 0. The van der Waals surface area contributed by atoms with Crippen LogP contribution in [0, 0.1) is 5.82 Å². The Morgan fingerprint density at radius 3 is 2.76 bits per heavy atom. The highest BCUT2D eigenvalue weighted by Gasteiger charge is 2.24. The van der Waals surface area contributed by atoms with E-state index in [2.05, 4.69) is 5.32 Å². The molecule has 1 aliphatic rings. The van der Waals surface area contributed by atoms with Crippen molar-refractivity contribution in [1.82, 2.24) is 0 Å². The number of halogens is 2. The second kappa shape index (κ2) is 7.38. The van der Waals surface area contributed by atoms with Crippen LogP contribution in [-0.2, 0) is 9.59 Å². The van der Waals surface area contributed by atoms with Gasteiger partial charge in [-0.25, -0.2) is 4.39 Å². The van der Waals surface area contributed by atoms with E-state index in [0.29, 0.717) is 18.7 Å². The third-order valence-electron chi connectivity index (χ3n) is 3.10. The predicted molar refractivity (Wildman–Crippen MR) is 82.1 cm³/mol. The lowest BCUT2D eigenvalue weighted by molar-refractivity contribution is -0.117. The van der Waals surface area contributed by atoms with E-state index in [9.17, 15) is 14.0 Å². The Kier molecular flexibility index (Phi) is 6.11. The van der Waals surface area contributed by atoms with Gasteiger partial charge in [-0.05, 0) is 31.5 Å². The van der Waals surface area contributed by atoms with Crippen LogP contribution in [0.2, 0.25) is 0 Å². The highest BCUT2D eigenvalue weighted by Crippen LogP contribution is 2.26. The molecule has 2 amide bonds. The summed E-state index contributed by atoms with van der Waals surface area (Å²) in [6.07, 6.45) is 1.37. The van der Waals surface area contributed by atoms with Crippen molar-refractivity contribution in [2.24, 2.45) is 5.73 Å². The molecule has 2 rings (SSSR count). The van der Waals surface area contributed by atoms with Crippen molar-refractivity contribution in [3.8, 4) is 0 Å². The average Bonchev–Trinajstić information content (AvgIpc) is 2.74. The van der Waals surface area contributed by atoms with E-state index in [0.717, 1.165) is 6.42 Å². The van der Waals surface area contributed by atoms with Gasteiger partial charge in [0.15, 0.2) is 0 Å². The highest BCUT2D eigenvalue weighted by atomic mass is 35.5. The molecule has 0 aliphatic carbocycles. The van der Waals surface area contributed by atoms with Gasteiger partial charge in [-0.15, -0.1) is 12.4 Å². The summed E-state index contributed by atoms with van der Waals surface area (Å²) < 4.78 is 14.0. The van der Waals surface area contributed by atoms with Gasteiger partial charge in [0.1, 0.15) is 5.82 Å². The monoisotopic (exact) mass is 315 g/mol. The molecule has 3 N–H and O–H groups in total. The Morgan fingerprint density at radius 1 is 1.52 bits per heavy atom. The van der Waals surface area contributed by atoms with Gasteiger partial charge in [-0.1, -0.05) is 0 Å². The molecule has 0 radical (unpaired) electrons. The zero-order valence-electron chi connectivity index (χ0n) is 11.8. The fraction of sp³-hybridized carbons (Fsp3) is 0.429. The number of nitrogens with two attached hydrogens (primary N) is 1. The number of amides is 2. The summed E-state index contributed by atoms with van der Waals surface area (Å²) >= 11 is 0. The Labute approximate surface area is 129 Å². The van der Waals surface area contributed by atoms with Crippen LogP contribution >= 0.6 is 12.4 Å². The first-order valence-electron chi connectivity index (χ1n) is 6.62. The standard InChI is InChI=1S/C14H18FN3O2.ClH/c1-9(16)7-13(19)17-10-4-5-12(11(15)8-10)18-6-2-3-14(18)20;/h4-5,8-9H,2-3,6-7,16H2,1H3,(H,17,19);1H. The summed E-state index contributed by atoms with van der Waals surface area (Å²) in [5, 5.41) is 2.58. The zero-order valence-corrected chi connectivity index (χ0v) is 12.6. The van der Waals surface area contributed by atoms with Crippen molar-refractivity contribution in [2.45, 2.75) is 32.2 Å². The lowest BCUT2D eigenvalue weighted by Crippen LogP contribution is -2.25. The molecule has 116 valence electrons. The maximum Gasteiger partial charge on any atom is 0.227 e. The van der Waals surface area contributed by atoms with Gasteiger partial charge in [0.2, 0.25) is 11.8 Å². The smallest absolute Gasteiger partial charge is 0.227 e. The Bertz CT molecular complexity index is 537. The van der Waals surface area contributed by atoms with Crippen molar-refractivity contribution >= 4 is 35.6 Å². The van der Waals surface area contributed by atoms with Crippen LogP contribution in [0.25, 0.3) is 0 Å².